The Labute approximate surface area is 200 Å². The smallest absolute Gasteiger partial charge is 0.272 e. The third-order valence-corrected chi connectivity index (χ3v) is 5.81. The van der Waals surface area contributed by atoms with Crippen molar-refractivity contribution in [2.75, 3.05) is 33.8 Å². The number of pyridine rings is 1. The Kier molecular flexibility index (Phi) is 7.25. The second-order valence-corrected chi connectivity index (χ2v) is 8.07. The second kappa shape index (κ2) is 10.5. The van der Waals surface area contributed by atoms with Crippen molar-refractivity contribution in [3.8, 4) is 23.0 Å². The molecule has 3 aromatic rings. The van der Waals surface area contributed by atoms with E-state index in [1.807, 2.05) is 0 Å². The molecule has 184 valence electrons. The number of nitro benzene ring substituents is 1. The van der Waals surface area contributed by atoms with Crippen LogP contribution in [-0.2, 0) is 4.79 Å². The lowest BCUT2D eigenvalue weighted by Crippen LogP contribution is -2.43. The van der Waals surface area contributed by atoms with E-state index in [1.165, 1.54) is 25.4 Å². The zero-order valence-corrected chi connectivity index (χ0v) is 19.3. The number of halogens is 1. The van der Waals surface area contributed by atoms with Gasteiger partial charge >= 0.3 is 0 Å². The van der Waals surface area contributed by atoms with E-state index < -0.39 is 10.7 Å². The Balaban J connectivity index is 1.53. The van der Waals surface area contributed by atoms with Gasteiger partial charge in [-0.15, -0.1) is 0 Å². The highest BCUT2D eigenvalue weighted by Crippen LogP contribution is 2.38. The zero-order chi connectivity index (χ0) is 24.9. The molecule has 1 N–H and O–H groups in total. The summed E-state index contributed by atoms with van der Waals surface area (Å²) >= 11 is 0. The first-order valence-electron chi connectivity index (χ1n) is 11.1. The van der Waals surface area contributed by atoms with Crippen LogP contribution in [0, 0.1) is 15.9 Å². The third-order valence-electron chi connectivity index (χ3n) is 5.81. The molecule has 35 heavy (non-hydrogen) atoms. The molecule has 1 aliphatic rings. The number of piperidine rings is 1. The molecule has 1 fully saturated rings. The highest BCUT2D eigenvalue weighted by Gasteiger charge is 2.23. The highest BCUT2D eigenvalue weighted by molar-refractivity contribution is 5.88. The maximum absolute atomic E-state index is 14.4. The highest BCUT2D eigenvalue weighted by atomic mass is 19.1. The molecule has 11 heteroatoms. The largest absolute Gasteiger partial charge is 0.493 e. The summed E-state index contributed by atoms with van der Waals surface area (Å²) in [6.07, 6.45) is 2.99. The molecule has 1 aromatic heterocycles. The van der Waals surface area contributed by atoms with Gasteiger partial charge in [0.05, 0.1) is 30.2 Å². The summed E-state index contributed by atoms with van der Waals surface area (Å²) in [5, 5.41) is 14.1. The van der Waals surface area contributed by atoms with Crippen molar-refractivity contribution in [2.45, 2.75) is 18.9 Å². The average molecular weight is 484 g/mol. The number of hydrogen-bond donors (Lipinski definition) is 1. The molecule has 0 saturated carbocycles. The van der Waals surface area contributed by atoms with Crippen molar-refractivity contribution in [1.82, 2.24) is 15.2 Å². The number of carbonyl (C=O) groups is 1. The van der Waals surface area contributed by atoms with Gasteiger partial charge in [0.25, 0.3) is 5.69 Å². The number of non-ortho nitro benzene ring substituents is 1. The first kappa shape index (κ1) is 24.1. The number of methoxy groups -OCH3 is 1. The summed E-state index contributed by atoms with van der Waals surface area (Å²) in [5.41, 5.74) is 0.190. The topological polar surface area (TPSA) is 116 Å². The van der Waals surface area contributed by atoms with Crippen LogP contribution in [0.4, 0.5) is 10.1 Å². The predicted molar refractivity (Wildman–Crippen MR) is 126 cm³/mol. The number of hydrogen-bond acceptors (Lipinski definition) is 8. The molecule has 0 radical (unpaired) electrons. The van der Waals surface area contributed by atoms with Gasteiger partial charge < -0.3 is 19.5 Å². The number of nitrogens with zero attached hydrogens (tertiary/aromatic N) is 3. The van der Waals surface area contributed by atoms with Crippen LogP contribution in [0.3, 0.4) is 0 Å². The number of amides is 1. The number of rotatable bonds is 8. The molecule has 0 aliphatic carbocycles. The summed E-state index contributed by atoms with van der Waals surface area (Å²) in [5.74, 6) is 0.293. The van der Waals surface area contributed by atoms with Gasteiger partial charge in [0, 0.05) is 43.9 Å². The van der Waals surface area contributed by atoms with Crippen LogP contribution < -0.4 is 19.5 Å². The van der Waals surface area contributed by atoms with Crippen LogP contribution in [0.5, 0.6) is 23.0 Å². The predicted octanol–water partition coefficient (Wildman–Crippen LogP) is 3.67. The summed E-state index contributed by atoms with van der Waals surface area (Å²) < 4.78 is 31.9. The maximum Gasteiger partial charge on any atom is 0.272 e. The second-order valence-electron chi connectivity index (χ2n) is 8.07. The number of ether oxygens (including phenoxy) is 3. The lowest BCUT2D eigenvalue weighted by atomic mass is 10.1. The van der Waals surface area contributed by atoms with E-state index in [2.05, 4.69) is 15.2 Å². The van der Waals surface area contributed by atoms with Gasteiger partial charge in [-0.05, 0) is 31.0 Å². The molecule has 0 unspecified atom stereocenters. The fourth-order valence-corrected chi connectivity index (χ4v) is 3.92. The van der Waals surface area contributed by atoms with Gasteiger partial charge in [0.1, 0.15) is 11.9 Å². The van der Waals surface area contributed by atoms with Gasteiger partial charge in [-0.3, -0.25) is 24.8 Å². The number of likely N-dealkylation sites (tertiary alicyclic amines) is 1. The number of carbonyl (C=O) groups excluding carboxylic acids is 1. The van der Waals surface area contributed by atoms with Crippen molar-refractivity contribution in [1.29, 1.82) is 0 Å². The lowest BCUT2D eigenvalue weighted by molar-refractivity contribution is -0.385. The van der Waals surface area contributed by atoms with Crippen molar-refractivity contribution in [2.24, 2.45) is 0 Å². The number of fused-ring (bicyclic) bond motifs is 1. The minimum atomic E-state index is -0.848. The Morgan fingerprint density at radius 3 is 2.60 bits per heavy atom. The normalized spacial score (nSPS) is 14.5. The first-order chi connectivity index (χ1) is 16.9. The van der Waals surface area contributed by atoms with Crippen molar-refractivity contribution >= 4 is 22.5 Å². The number of nitrogens with one attached hydrogen (secondary N) is 1. The standard InChI is InChI=1S/C24H25FN4O6/c1-26-24(30)14-28-9-6-16(7-10-28)34-23-13-19-17(12-22(23)33-2)20(5-8-27-19)35-21-4-3-15(29(31)32)11-18(21)25/h3-5,8,11-13,16H,6-7,9-10,14H2,1-2H3,(H,26,30). The lowest BCUT2D eigenvalue weighted by Gasteiger charge is -2.31. The number of benzene rings is 2. The average Bonchev–Trinajstić information content (AvgIpc) is 2.86. The van der Waals surface area contributed by atoms with Gasteiger partial charge in [0.15, 0.2) is 23.1 Å². The van der Waals surface area contributed by atoms with Crippen LogP contribution in [0.15, 0.2) is 42.6 Å². The molecular weight excluding hydrogens is 459 g/mol. The Hall–Kier alpha value is -3.99. The molecule has 2 heterocycles. The number of nitro groups is 1. The van der Waals surface area contributed by atoms with Crippen LogP contribution in [0.2, 0.25) is 0 Å². The van der Waals surface area contributed by atoms with Crippen LogP contribution in [0.1, 0.15) is 12.8 Å². The fourth-order valence-electron chi connectivity index (χ4n) is 3.92. The number of likely N-dealkylation sites (N-methyl/N-ethyl adjacent to an activating group) is 1. The van der Waals surface area contributed by atoms with Gasteiger partial charge in [0.2, 0.25) is 5.91 Å². The Morgan fingerprint density at radius 2 is 1.94 bits per heavy atom. The van der Waals surface area contributed by atoms with E-state index >= 15 is 0 Å². The molecular formula is C24H25FN4O6. The molecule has 2 aromatic carbocycles. The van der Waals surface area contributed by atoms with Crippen LogP contribution in [-0.4, -0.2) is 60.6 Å². The molecule has 10 nitrogen and oxygen atoms in total. The van der Waals surface area contributed by atoms with Gasteiger partial charge in [-0.25, -0.2) is 4.39 Å². The van der Waals surface area contributed by atoms with Crippen molar-refractivity contribution in [3.63, 3.8) is 0 Å². The molecule has 1 amide bonds. The van der Waals surface area contributed by atoms with E-state index in [0.717, 1.165) is 32.0 Å². The van der Waals surface area contributed by atoms with E-state index in [4.69, 9.17) is 14.2 Å². The van der Waals surface area contributed by atoms with E-state index in [1.54, 1.807) is 25.2 Å². The minimum absolute atomic E-state index is 0.0155. The molecule has 0 bridgehead atoms. The van der Waals surface area contributed by atoms with E-state index in [-0.39, 0.29) is 23.4 Å². The zero-order valence-electron chi connectivity index (χ0n) is 19.3. The quantitative estimate of drug-likeness (QED) is 0.380. The summed E-state index contributed by atoms with van der Waals surface area (Å²) in [7, 11) is 3.14. The Morgan fingerprint density at radius 1 is 1.17 bits per heavy atom. The van der Waals surface area contributed by atoms with Crippen molar-refractivity contribution < 1.29 is 28.3 Å². The maximum atomic E-state index is 14.4. The van der Waals surface area contributed by atoms with Crippen LogP contribution in [0.25, 0.3) is 10.9 Å². The molecule has 4 rings (SSSR count). The molecule has 0 spiro atoms. The van der Waals surface area contributed by atoms with E-state index in [0.29, 0.717) is 34.7 Å². The van der Waals surface area contributed by atoms with Crippen molar-refractivity contribution in [3.05, 3.63) is 58.5 Å². The summed E-state index contributed by atoms with van der Waals surface area (Å²) in [6.45, 7) is 1.85. The first-order valence-corrected chi connectivity index (χ1v) is 11.1. The van der Waals surface area contributed by atoms with Crippen LogP contribution >= 0.6 is 0 Å². The molecule has 1 saturated heterocycles. The van der Waals surface area contributed by atoms with Gasteiger partial charge in [-0.2, -0.15) is 0 Å². The molecule has 1 aliphatic heterocycles. The summed E-state index contributed by atoms with van der Waals surface area (Å²) in [4.78, 5) is 28.2. The minimum Gasteiger partial charge on any atom is -0.493 e. The van der Waals surface area contributed by atoms with Gasteiger partial charge in [-0.1, -0.05) is 0 Å². The number of aromatic nitrogens is 1. The summed E-state index contributed by atoms with van der Waals surface area (Å²) in [6, 6.07) is 8.22. The monoisotopic (exact) mass is 484 g/mol. The van der Waals surface area contributed by atoms with E-state index in [9.17, 15) is 19.3 Å². The third kappa shape index (κ3) is 5.57. The Bertz CT molecular complexity index is 1250. The fraction of sp³-hybridized carbons (Fsp3) is 0.333. The SMILES string of the molecule is CNC(=O)CN1CCC(Oc2cc3nccc(Oc4ccc([N+](=O)[O-])cc4F)c3cc2OC)CC1. The molecule has 0 atom stereocenters.